The fourth-order valence-electron chi connectivity index (χ4n) is 4.00. The van der Waals surface area contributed by atoms with Gasteiger partial charge in [0.15, 0.2) is 0 Å². The first-order valence-corrected chi connectivity index (χ1v) is 15.3. The molecule has 0 bridgehead atoms. The molecule has 0 amide bonds. The molecule has 1 saturated heterocycles. The number of ether oxygens (including phenoxy) is 1. The van der Waals surface area contributed by atoms with E-state index in [4.69, 9.17) is 19.1 Å². The van der Waals surface area contributed by atoms with Crippen LogP contribution in [0, 0.1) is 6.92 Å². The first-order chi connectivity index (χ1) is 15.3. The molecule has 10 heteroatoms. The number of aryl methyl sites for hydroxylation is 2. The smallest absolute Gasteiger partial charge is 0.399 e. The van der Waals surface area contributed by atoms with Crippen molar-refractivity contribution >= 4 is 31.6 Å². The normalized spacial score (nSPS) is 17.9. The topological polar surface area (TPSA) is 76.2 Å². The highest BCUT2D eigenvalue weighted by atomic mass is 28.3. The van der Waals surface area contributed by atoms with Crippen LogP contribution in [0.15, 0.2) is 18.3 Å². The third kappa shape index (κ3) is 4.66. The SMILES string of the molecule is Cc1nn(COCC[Si](C)(C)C)c2c(B3OC(C)(C)C(C)(C)O3)ccc(-c3cnn(C)n3)c12. The third-order valence-electron chi connectivity index (χ3n) is 6.69. The number of hydrogen-bond acceptors (Lipinski definition) is 6. The summed E-state index contributed by atoms with van der Waals surface area (Å²) in [5.41, 5.74) is 3.77. The average molecular weight is 469 g/mol. The second-order valence-corrected chi connectivity index (χ2v) is 16.8. The summed E-state index contributed by atoms with van der Waals surface area (Å²) in [6.45, 7) is 18.5. The lowest BCUT2D eigenvalue weighted by Gasteiger charge is -2.32. The molecule has 1 aliphatic rings. The summed E-state index contributed by atoms with van der Waals surface area (Å²) in [5, 5.41) is 14.7. The summed E-state index contributed by atoms with van der Waals surface area (Å²) in [7, 11) is 0.155. The van der Waals surface area contributed by atoms with Crippen molar-refractivity contribution in [2.75, 3.05) is 6.61 Å². The molecule has 0 unspecified atom stereocenters. The Morgan fingerprint density at radius 1 is 1.06 bits per heavy atom. The molecule has 2 aromatic heterocycles. The van der Waals surface area contributed by atoms with E-state index < -0.39 is 26.4 Å². The molecule has 0 aliphatic carbocycles. The van der Waals surface area contributed by atoms with Gasteiger partial charge in [-0.2, -0.15) is 20.1 Å². The minimum absolute atomic E-state index is 0.380. The molecular weight excluding hydrogens is 433 g/mol. The van der Waals surface area contributed by atoms with Crippen LogP contribution >= 0.6 is 0 Å². The Morgan fingerprint density at radius 2 is 1.73 bits per heavy atom. The largest absolute Gasteiger partial charge is 0.497 e. The van der Waals surface area contributed by atoms with Crippen LogP contribution in [0.2, 0.25) is 25.7 Å². The second kappa shape index (κ2) is 8.34. The van der Waals surface area contributed by atoms with Crippen molar-refractivity contribution in [1.29, 1.82) is 0 Å². The van der Waals surface area contributed by atoms with Gasteiger partial charge in [-0.3, -0.25) is 0 Å². The minimum Gasteiger partial charge on any atom is -0.399 e. The van der Waals surface area contributed by atoms with Crippen LogP contribution in [0.25, 0.3) is 22.2 Å². The molecule has 1 aliphatic heterocycles. The van der Waals surface area contributed by atoms with Gasteiger partial charge in [-0.1, -0.05) is 31.8 Å². The number of benzene rings is 1. The first kappa shape index (κ1) is 24.1. The van der Waals surface area contributed by atoms with Crippen LogP contribution in [0.3, 0.4) is 0 Å². The molecule has 33 heavy (non-hydrogen) atoms. The molecule has 3 heterocycles. The Kier molecular flexibility index (Phi) is 6.09. The van der Waals surface area contributed by atoms with E-state index in [-0.39, 0.29) is 0 Å². The molecule has 0 radical (unpaired) electrons. The highest BCUT2D eigenvalue weighted by molar-refractivity contribution is 6.76. The molecule has 8 nitrogen and oxygen atoms in total. The van der Waals surface area contributed by atoms with E-state index in [0.29, 0.717) is 6.73 Å². The fourth-order valence-corrected chi connectivity index (χ4v) is 4.76. The molecule has 0 spiro atoms. The summed E-state index contributed by atoms with van der Waals surface area (Å²) in [6, 6.07) is 5.24. The standard InChI is InChI=1S/C23H36BN5O3Si/c1-16-20-17(19-14-25-28(6)27-19)10-11-18(24-31-22(2,3)23(4,5)32-24)21(20)29(26-16)15-30-12-13-33(7,8)9/h10-11,14H,12-13,15H2,1-9H3. The summed E-state index contributed by atoms with van der Waals surface area (Å²) >= 11 is 0. The van der Waals surface area contributed by atoms with E-state index in [1.807, 2.05) is 18.7 Å². The quantitative estimate of drug-likeness (QED) is 0.388. The molecule has 1 fully saturated rings. The predicted molar refractivity (Wildman–Crippen MR) is 134 cm³/mol. The van der Waals surface area contributed by atoms with Crippen molar-refractivity contribution in [3.05, 3.63) is 24.0 Å². The van der Waals surface area contributed by atoms with E-state index >= 15 is 0 Å². The number of hydrogen-bond donors (Lipinski definition) is 0. The van der Waals surface area contributed by atoms with E-state index in [0.717, 1.165) is 46.0 Å². The zero-order chi connectivity index (χ0) is 24.2. The van der Waals surface area contributed by atoms with Crippen LogP contribution < -0.4 is 5.46 Å². The molecule has 4 rings (SSSR count). The van der Waals surface area contributed by atoms with Gasteiger partial charge < -0.3 is 14.0 Å². The van der Waals surface area contributed by atoms with Crippen LogP contribution in [-0.4, -0.2) is 57.8 Å². The third-order valence-corrected chi connectivity index (χ3v) is 8.40. The van der Waals surface area contributed by atoms with Gasteiger partial charge in [0, 0.05) is 38.1 Å². The second-order valence-electron chi connectivity index (χ2n) is 11.2. The molecule has 0 atom stereocenters. The number of rotatable bonds is 7. The van der Waals surface area contributed by atoms with Gasteiger partial charge >= 0.3 is 7.12 Å². The Bertz CT molecular complexity index is 1150. The zero-order valence-electron chi connectivity index (χ0n) is 21.4. The Balaban J connectivity index is 1.79. The molecule has 3 aromatic rings. The molecular formula is C23H36BN5O3Si. The first-order valence-electron chi connectivity index (χ1n) is 11.6. The predicted octanol–water partition coefficient (Wildman–Crippen LogP) is 3.75. The summed E-state index contributed by atoms with van der Waals surface area (Å²) in [4.78, 5) is 1.57. The molecule has 0 N–H and O–H groups in total. The van der Waals surface area contributed by atoms with Gasteiger partial charge in [0.2, 0.25) is 0 Å². The van der Waals surface area contributed by atoms with Crippen molar-refractivity contribution in [2.24, 2.45) is 7.05 Å². The zero-order valence-corrected chi connectivity index (χ0v) is 22.4. The van der Waals surface area contributed by atoms with Gasteiger partial charge in [-0.05, 0) is 40.7 Å². The lowest BCUT2D eigenvalue weighted by molar-refractivity contribution is 0.00578. The van der Waals surface area contributed by atoms with Gasteiger partial charge in [0.25, 0.3) is 0 Å². The fraction of sp³-hybridized carbons (Fsp3) is 0.609. The minimum atomic E-state index is -1.17. The van der Waals surface area contributed by atoms with Crippen molar-refractivity contribution in [3.63, 3.8) is 0 Å². The molecule has 0 saturated carbocycles. The lowest BCUT2D eigenvalue weighted by Crippen LogP contribution is -2.41. The molecule has 178 valence electrons. The van der Waals surface area contributed by atoms with E-state index in [1.165, 1.54) is 0 Å². The van der Waals surface area contributed by atoms with Crippen molar-refractivity contribution in [2.45, 2.75) is 78.2 Å². The number of fused-ring (bicyclic) bond motifs is 1. The summed E-state index contributed by atoms with van der Waals surface area (Å²) < 4.78 is 20.9. The van der Waals surface area contributed by atoms with Gasteiger partial charge in [0.1, 0.15) is 12.4 Å². The van der Waals surface area contributed by atoms with Crippen LogP contribution in [-0.2, 0) is 27.8 Å². The van der Waals surface area contributed by atoms with Gasteiger partial charge in [0.05, 0.1) is 28.6 Å². The van der Waals surface area contributed by atoms with Crippen LogP contribution in [0.1, 0.15) is 33.4 Å². The monoisotopic (exact) mass is 469 g/mol. The van der Waals surface area contributed by atoms with Crippen molar-refractivity contribution in [1.82, 2.24) is 24.8 Å². The van der Waals surface area contributed by atoms with E-state index in [2.05, 4.69) is 69.7 Å². The maximum absolute atomic E-state index is 6.41. The molecule has 1 aromatic carbocycles. The van der Waals surface area contributed by atoms with Gasteiger partial charge in [-0.15, -0.1) is 0 Å². The lowest BCUT2D eigenvalue weighted by atomic mass is 9.77. The summed E-state index contributed by atoms with van der Waals surface area (Å²) in [6.07, 6.45) is 1.78. The van der Waals surface area contributed by atoms with Crippen molar-refractivity contribution in [3.8, 4) is 11.3 Å². The highest BCUT2D eigenvalue weighted by Gasteiger charge is 2.52. The van der Waals surface area contributed by atoms with E-state index in [1.54, 1.807) is 11.0 Å². The van der Waals surface area contributed by atoms with E-state index in [9.17, 15) is 0 Å². The summed E-state index contributed by atoms with van der Waals surface area (Å²) in [5.74, 6) is 0. The van der Waals surface area contributed by atoms with Gasteiger partial charge in [-0.25, -0.2) is 4.68 Å². The van der Waals surface area contributed by atoms with Crippen LogP contribution in [0.4, 0.5) is 0 Å². The number of nitrogens with zero attached hydrogens (tertiary/aromatic N) is 5. The Labute approximate surface area is 197 Å². The Hall–Kier alpha value is -2.01. The van der Waals surface area contributed by atoms with Crippen molar-refractivity contribution < 1.29 is 14.0 Å². The maximum Gasteiger partial charge on any atom is 0.497 e. The van der Waals surface area contributed by atoms with Crippen LogP contribution in [0.5, 0.6) is 0 Å². The maximum atomic E-state index is 6.41. The Morgan fingerprint density at radius 3 is 2.30 bits per heavy atom. The number of aromatic nitrogens is 5. The highest BCUT2D eigenvalue weighted by Crippen LogP contribution is 2.38. The average Bonchev–Trinajstić information content (AvgIpc) is 3.32.